The van der Waals surface area contributed by atoms with Crippen molar-refractivity contribution in [1.82, 2.24) is 4.98 Å². The highest BCUT2D eigenvalue weighted by atomic mass is 32.1. The lowest BCUT2D eigenvalue weighted by Gasteiger charge is -2.10. The maximum absolute atomic E-state index is 5.65. The summed E-state index contributed by atoms with van der Waals surface area (Å²) in [5.74, 6) is 1.47. The SMILES string of the molecule is CCOc1ccccc1OCc1csc(N)n1. The Labute approximate surface area is 104 Å². The molecule has 1 aromatic carbocycles. The van der Waals surface area contributed by atoms with Crippen molar-refractivity contribution in [2.24, 2.45) is 0 Å². The van der Waals surface area contributed by atoms with Gasteiger partial charge in [0.25, 0.3) is 0 Å². The van der Waals surface area contributed by atoms with Crippen molar-refractivity contribution in [3.05, 3.63) is 35.3 Å². The summed E-state index contributed by atoms with van der Waals surface area (Å²) in [6.45, 7) is 2.96. The number of benzene rings is 1. The third-order valence-electron chi connectivity index (χ3n) is 2.09. The second-order valence-electron chi connectivity index (χ2n) is 3.35. The first-order valence-corrected chi connectivity index (χ1v) is 6.22. The normalized spacial score (nSPS) is 10.2. The van der Waals surface area contributed by atoms with Gasteiger partial charge in [0.1, 0.15) is 6.61 Å². The van der Waals surface area contributed by atoms with Gasteiger partial charge in [0.05, 0.1) is 12.3 Å². The molecule has 0 amide bonds. The fraction of sp³-hybridized carbons (Fsp3) is 0.250. The van der Waals surface area contributed by atoms with E-state index in [1.807, 2.05) is 36.6 Å². The Morgan fingerprint density at radius 3 is 2.53 bits per heavy atom. The molecule has 1 heterocycles. The first-order chi connectivity index (χ1) is 8.29. The summed E-state index contributed by atoms with van der Waals surface area (Å²) in [4.78, 5) is 4.13. The lowest BCUT2D eigenvalue weighted by Crippen LogP contribution is -1.99. The van der Waals surface area contributed by atoms with Gasteiger partial charge in [0.15, 0.2) is 16.6 Å². The highest BCUT2D eigenvalue weighted by molar-refractivity contribution is 7.13. The van der Waals surface area contributed by atoms with E-state index in [0.29, 0.717) is 18.3 Å². The number of aromatic nitrogens is 1. The van der Waals surface area contributed by atoms with E-state index in [1.165, 1.54) is 11.3 Å². The van der Waals surface area contributed by atoms with Crippen molar-refractivity contribution in [2.45, 2.75) is 13.5 Å². The molecule has 0 unspecified atom stereocenters. The van der Waals surface area contributed by atoms with Gasteiger partial charge in [-0.1, -0.05) is 12.1 Å². The van der Waals surface area contributed by atoms with Crippen LogP contribution >= 0.6 is 11.3 Å². The van der Waals surface area contributed by atoms with Crippen LogP contribution in [0.4, 0.5) is 5.13 Å². The summed E-state index contributed by atoms with van der Waals surface area (Å²) in [5, 5.41) is 2.44. The Morgan fingerprint density at radius 2 is 1.94 bits per heavy atom. The van der Waals surface area contributed by atoms with E-state index < -0.39 is 0 Å². The minimum atomic E-state index is 0.401. The standard InChI is InChI=1S/C12H14N2O2S/c1-2-15-10-5-3-4-6-11(10)16-7-9-8-17-12(13)14-9/h3-6,8H,2,7H2,1H3,(H2,13,14). The highest BCUT2D eigenvalue weighted by Gasteiger charge is 2.05. The third-order valence-corrected chi connectivity index (χ3v) is 2.82. The molecule has 0 fully saturated rings. The molecular weight excluding hydrogens is 236 g/mol. The summed E-state index contributed by atoms with van der Waals surface area (Å²) >= 11 is 1.41. The van der Waals surface area contributed by atoms with Crippen LogP contribution in [0.25, 0.3) is 0 Å². The van der Waals surface area contributed by atoms with E-state index in [1.54, 1.807) is 0 Å². The Morgan fingerprint density at radius 1 is 1.24 bits per heavy atom. The number of nitrogens with two attached hydrogens (primary N) is 1. The van der Waals surface area contributed by atoms with Gasteiger partial charge < -0.3 is 15.2 Å². The average molecular weight is 250 g/mol. The maximum Gasteiger partial charge on any atom is 0.180 e. The molecule has 4 nitrogen and oxygen atoms in total. The maximum atomic E-state index is 5.65. The van der Waals surface area contributed by atoms with Crippen LogP contribution in [0.15, 0.2) is 29.6 Å². The number of hydrogen-bond acceptors (Lipinski definition) is 5. The van der Waals surface area contributed by atoms with Crippen LogP contribution in [0, 0.1) is 0 Å². The number of anilines is 1. The molecule has 2 rings (SSSR count). The van der Waals surface area contributed by atoms with E-state index in [9.17, 15) is 0 Å². The predicted octanol–water partition coefficient (Wildman–Crippen LogP) is 2.70. The van der Waals surface area contributed by atoms with Crippen LogP contribution in [0.5, 0.6) is 11.5 Å². The smallest absolute Gasteiger partial charge is 0.180 e. The lowest BCUT2D eigenvalue weighted by molar-refractivity contribution is 0.267. The summed E-state index contributed by atoms with van der Waals surface area (Å²) in [6, 6.07) is 7.58. The van der Waals surface area contributed by atoms with E-state index in [4.69, 9.17) is 15.2 Å². The number of nitrogen functional groups attached to an aromatic ring is 1. The molecule has 0 spiro atoms. The first-order valence-electron chi connectivity index (χ1n) is 5.34. The zero-order chi connectivity index (χ0) is 12.1. The third kappa shape index (κ3) is 3.10. The molecule has 17 heavy (non-hydrogen) atoms. The quantitative estimate of drug-likeness (QED) is 0.886. The number of rotatable bonds is 5. The van der Waals surface area contributed by atoms with Gasteiger partial charge in [-0.3, -0.25) is 0 Å². The van der Waals surface area contributed by atoms with Gasteiger partial charge in [0.2, 0.25) is 0 Å². The average Bonchev–Trinajstić information content (AvgIpc) is 2.74. The second kappa shape index (κ2) is 5.54. The second-order valence-corrected chi connectivity index (χ2v) is 4.24. The van der Waals surface area contributed by atoms with Crippen molar-refractivity contribution in [3.63, 3.8) is 0 Å². The van der Waals surface area contributed by atoms with Crippen molar-refractivity contribution < 1.29 is 9.47 Å². The number of nitrogens with zero attached hydrogens (tertiary/aromatic N) is 1. The monoisotopic (exact) mass is 250 g/mol. The number of hydrogen-bond donors (Lipinski definition) is 1. The van der Waals surface area contributed by atoms with Gasteiger partial charge in [-0.2, -0.15) is 0 Å². The molecule has 90 valence electrons. The zero-order valence-electron chi connectivity index (χ0n) is 9.55. The highest BCUT2D eigenvalue weighted by Crippen LogP contribution is 2.27. The van der Waals surface area contributed by atoms with Crippen molar-refractivity contribution in [2.75, 3.05) is 12.3 Å². The van der Waals surface area contributed by atoms with Crippen molar-refractivity contribution in [1.29, 1.82) is 0 Å². The van der Waals surface area contributed by atoms with Crippen molar-refractivity contribution >= 4 is 16.5 Å². The molecule has 0 radical (unpaired) electrons. The van der Waals surface area contributed by atoms with E-state index in [2.05, 4.69) is 4.98 Å². The van der Waals surface area contributed by atoms with Crippen LogP contribution < -0.4 is 15.2 Å². The van der Waals surface area contributed by atoms with Crippen LogP contribution in [0.1, 0.15) is 12.6 Å². The topological polar surface area (TPSA) is 57.4 Å². The molecule has 0 aliphatic carbocycles. The Bertz CT molecular complexity index is 485. The molecule has 0 saturated heterocycles. The molecular formula is C12H14N2O2S. The summed E-state index contributed by atoms with van der Waals surface area (Å²) < 4.78 is 11.1. The molecule has 0 bridgehead atoms. The minimum Gasteiger partial charge on any atom is -0.490 e. The van der Waals surface area contributed by atoms with Crippen LogP contribution in [0.3, 0.4) is 0 Å². The van der Waals surface area contributed by atoms with Gasteiger partial charge in [-0.15, -0.1) is 11.3 Å². The fourth-order valence-electron chi connectivity index (χ4n) is 1.38. The minimum absolute atomic E-state index is 0.401. The predicted molar refractivity (Wildman–Crippen MR) is 68.5 cm³/mol. The molecule has 0 saturated carbocycles. The first kappa shape index (κ1) is 11.7. The van der Waals surface area contributed by atoms with Gasteiger partial charge >= 0.3 is 0 Å². The molecule has 0 atom stereocenters. The van der Waals surface area contributed by atoms with E-state index >= 15 is 0 Å². The summed E-state index contributed by atoms with van der Waals surface area (Å²) in [5.41, 5.74) is 6.38. The van der Waals surface area contributed by atoms with Crippen molar-refractivity contribution in [3.8, 4) is 11.5 Å². The Balaban J connectivity index is 2.03. The molecule has 5 heteroatoms. The largest absolute Gasteiger partial charge is 0.490 e. The number of para-hydroxylation sites is 2. The number of thiazole rings is 1. The van der Waals surface area contributed by atoms with Crippen LogP contribution in [-0.2, 0) is 6.61 Å². The molecule has 1 aromatic heterocycles. The van der Waals surface area contributed by atoms with E-state index in [-0.39, 0.29) is 0 Å². The molecule has 2 N–H and O–H groups in total. The van der Waals surface area contributed by atoms with Crippen LogP contribution in [-0.4, -0.2) is 11.6 Å². The summed E-state index contributed by atoms with van der Waals surface area (Å²) in [6.07, 6.45) is 0. The molecule has 2 aromatic rings. The Kier molecular flexibility index (Phi) is 3.82. The van der Waals surface area contributed by atoms with Gasteiger partial charge in [0, 0.05) is 5.38 Å². The molecule has 0 aliphatic heterocycles. The zero-order valence-corrected chi connectivity index (χ0v) is 10.4. The van der Waals surface area contributed by atoms with Gasteiger partial charge in [-0.05, 0) is 19.1 Å². The lowest BCUT2D eigenvalue weighted by atomic mass is 10.3. The van der Waals surface area contributed by atoms with E-state index in [0.717, 1.165) is 17.2 Å². The van der Waals surface area contributed by atoms with Gasteiger partial charge in [-0.25, -0.2) is 4.98 Å². The fourth-order valence-corrected chi connectivity index (χ4v) is 1.93. The Hall–Kier alpha value is -1.75. The van der Waals surface area contributed by atoms with Crippen LogP contribution in [0.2, 0.25) is 0 Å². The molecule has 0 aliphatic rings. The number of ether oxygens (including phenoxy) is 2. The summed E-state index contributed by atoms with van der Waals surface area (Å²) in [7, 11) is 0.